The van der Waals surface area contributed by atoms with Gasteiger partial charge in [0.15, 0.2) is 0 Å². The van der Waals surface area contributed by atoms with Gasteiger partial charge in [-0.3, -0.25) is 4.72 Å². The standard InChI is InChI=1S/C10H14FNO2S/c1-3-6-15(13,14)12-9-4-5-10(11)8(2)7-9/h4-5,7,12H,3,6H2,1-2H3. The summed E-state index contributed by atoms with van der Waals surface area (Å²) in [6, 6.07) is 4.14. The molecule has 0 aromatic heterocycles. The van der Waals surface area contributed by atoms with Crippen LogP contribution < -0.4 is 4.72 Å². The number of hydrogen-bond acceptors (Lipinski definition) is 2. The minimum atomic E-state index is -3.29. The summed E-state index contributed by atoms with van der Waals surface area (Å²) >= 11 is 0. The van der Waals surface area contributed by atoms with E-state index in [1.54, 1.807) is 13.8 Å². The molecule has 0 spiro atoms. The van der Waals surface area contributed by atoms with E-state index in [4.69, 9.17) is 0 Å². The van der Waals surface area contributed by atoms with Crippen LogP contribution in [-0.2, 0) is 10.0 Å². The molecule has 0 heterocycles. The number of aryl methyl sites for hydroxylation is 1. The Bertz CT molecular complexity index is 443. The molecule has 0 aliphatic heterocycles. The second-order valence-electron chi connectivity index (χ2n) is 3.38. The van der Waals surface area contributed by atoms with Crippen LogP contribution >= 0.6 is 0 Å². The zero-order valence-electron chi connectivity index (χ0n) is 8.75. The van der Waals surface area contributed by atoms with Crippen molar-refractivity contribution >= 4 is 15.7 Å². The van der Waals surface area contributed by atoms with Gasteiger partial charge in [0.05, 0.1) is 5.75 Å². The molecule has 15 heavy (non-hydrogen) atoms. The normalized spacial score (nSPS) is 11.4. The van der Waals surface area contributed by atoms with Crippen LogP contribution in [0, 0.1) is 12.7 Å². The molecule has 1 aromatic carbocycles. The summed E-state index contributed by atoms with van der Waals surface area (Å²) in [4.78, 5) is 0. The fraction of sp³-hybridized carbons (Fsp3) is 0.400. The number of hydrogen-bond donors (Lipinski definition) is 1. The fourth-order valence-electron chi connectivity index (χ4n) is 1.21. The first-order valence-corrected chi connectivity index (χ1v) is 6.36. The first-order chi connectivity index (χ1) is 6.94. The molecular weight excluding hydrogens is 217 g/mol. The Labute approximate surface area is 89.4 Å². The maximum atomic E-state index is 12.9. The van der Waals surface area contributed by atoms with Crippen molar-refractivity contribution in [2.75, 3.05) is 10.5 Å². The van der Waals surface area contributed by atoms with Crippen molar-refractivity contribution in [3.8, 4) is 0 Å². The van der Waals surface area contributed by atoms with Gasteiger partial charge in [0.1, 0.15) is 5.82 Å². The Morgan fingerprint density at radius 1 is 1.40 bits per heavy atom. The molecule has 1 aromatic rings. The van der Waals surface area contributed by atoms with Crippen molar-refractivity contribution in [3.05, 3.63) is 29.6 Å². The van der Waals surface area contributed by atoms with Gasteiger partial charge >= 0.3 is 0 Å². The molecule has 0 bridgehead atoms. The van der Waals surface area contributed by atoms with Crippen molar-refractivity contribution in [2.45, 2.75) is 20.3 Å². The number of sulfonamides is 1. The van der Waals surface area contributed by atoms with E-state index in [0.29, 0.717) is 17.7 Å². The van der Waals surface area contributed by atoms with E-state index in [-0.39, 0.29) is 11.6 Å². The zero-order chi connectivity index (χ0) is 11.5. The van der Waals surface area contributed by atoms with Crippen LogP contribution in [0.3, 0.4) is 0 Å². The van der Waals surface area contributed by atoms with Gasteiger partial charge in [-0.1, -0.05) is 6.92 Å². The molecule has 1 N–H and O–H groups in total. The third-order valence-corrected chi connectivity index (χ3v) is 3.40. The summed E-state index contributed by atoms with van der Waals surface area (Å²) in [5.41, 5.74) is 0.828. The quantitative estimate of drug-likeness (QED) is 0.864. The lowest BCUT2D eigenvalue weighted by Crippen LogP contribution is -2.16. The molecule has 0 atom stereocenters. The Morgan fingerprint density at radius 3 is 2.60 bits per heavy atom. The highest BCUT2D eigenvalue weighted by Gasteiger charge is 2.09. The molecule has 0 aliphatic carbocycles. The molecule has 0 saturated carbocycles. The van der Waals surface area contributed by atoms with Gasteiger partial charge in [-0.2, -0.15) is 0 Å². The summed E-state index contributed by atoms with van der Waals surface area (Å²) in [5.74, 6) is -0.267. The van der Waals surface area contributed by atoms with Crippen molar-refractivity contribution < 1.29 is 12.8 Å². The molecule has 1 rings (SSSR count). The van der Waals surface area contributed by atoms with Crippen molar-refractivity contribution in [1.82, 2.24) is 0 Å². The van der Waals surface area contributed by atoms with Gasteiger partial charge in [-0.15, -0.1) is 0 Å². The van der Waals surface area contributed by atoms with Gasteiger partial charge in [-0.25, -0.2) is 12.8 Å². The van der Waals surface area contributed by atoms with E-state index in [1.165, 1.54) is 18.2 Å². The third kappa shape index (κ3) is 3.51. The third-order valence-electron chi connectivity index (χ3n) is 1.90. The van der Waals surface area contributed by atoms with Gasteiger partial charge in [0, 0.05) is 5.69 Å². The van der Waals surface area contributed by atoms with E-state index in [2.05, 4.69) is 4.72 Å². The predicted octanol–water partition coefficient (Wildman–Crippen LogP) is 2.29. The van der Waals surface area contributed by atoms with E-state index in [9.17, 15) is 12.8 Å². The van der Waals surface area contributed by atoms with Crippen LogP contribution in [-0.4, -0.2) is 14.2 Å². The molecule has 84 valence electrons. The first-order valence-electron chi connectivity index (χ1n) is 4.71. The largest absolute Gasteiger partial charge is 0.284 e. The molecule has 3 nitrogen and oxygen atoms in total. The molecular formula is C10H14FNO2S. The minimum Gasteiger partial charge on any atom is -0.284 e. The highest BCUT2D eigenvalue weighted by atomic mass is 32.2. The number of anilines is 1. The SMILES string of the molecule is CCCS(=O)(=O)Nc1ccc(F)c(C)c1. The van der Waals surface area contributed by atoms with Crippen LogP contribution in [0.5, 0.6) is 0 Å². The van der Waals surface area contributed by atoms with Crippen LogP contribution in [0.15, 0.2) is 18.2 Å². The zero-order valence-corrected chi connectivity index (χ0v) is 9.57. The fourth-order valence-corrected chi connectivity index (χ4v) is 2.33. The molecule has 0 saturated heterocycles. The van der Waals surface area contributed by atoms with Crippen LogP contribution in [0.2, 0.25) is 0 Å². The van der Waals surface area contributed by atoms with Crippen molar-refractivity contribution in [1.29, 1.82) is 0 Å². The maximum absolute atomic E-state index is 12.9. The monoisotopic (exact) mass is 231 g/mol. The van der Waals surface area contributed by atoms with Gasteiger partial charge in [-0.05, 0) is 37.1 Å². The smallest absolute Gasteiger partial charge is 0.232 e. The van der Waals surface area contributed by atoms with E-state index in [0.717, 1.165) is 0 Å². The maximum Gasteiger partial charge on any atom is 0.232 e. The van der Waals surface area contributed by atoms with Crippen LogP contribution in [0.25, 0.3) is 0 Å². The lowest BCUT2D eigenvalue weighted by molar-refractivity contribution is 0.599. The second kappa shape index (κ2) is 4.61. The van der Waals surface area contributed by atoms with E-state index >= 15 is 0 Å². The predicted molar refractivity (Wildman–Crippen MR) is 58.8 cm³/mol. The Kier molecular flexibility index (Phi) is 3.68. The van der Waals surface area contributed by atoms with Gasteiger partial charge in [0.2, 0.25) is 10.0 Å². The lowest BCUT2D eigenvalue weighted by atomic mass is 10.2. The summed E-state index contributed by atoms with van der Waals surface area (Å²) in [6.07, 6.45) is 0.551. The molecule has 0 amide bonds. The average molecular weight is 231 g/mol. The Balaban J connectivity index is 2.86. The number of rotatable bonds is 4. The number of nitrogens with one attached hydrogen (secondary N) is 1. The summed E-state index contributed by atoms with van der Waals surface area (Å²) in [5, 5.41) is 0. The summed E-state index contributed by atoms with van der Waals surface area (Å²) < 4.78 is 38.1. The average Bonchev–Trinajstić information content (AvgIpc) is 2.10. The minimum absolute atomic E-state index is 0.0728. The van der Waals surface area contributed by atoms with E-state index in [1.807, 2.05) is 0 Å². The summed E-state index contributed by atoms with van der Waals surface area (Å²) in [7, 11) is -3.29. The molecule has 0 aliphatic rings. The Morgan fingerprint density at radius 2 is 2.07 bits per heavy atom. The molecule has 0 radical (unpaired) electrons. The summed E-state index contributed by atoms with van der Waals surface area (Å²) in [6.45, 7) is 3.38. The topological polar surface area (TPSA) is 46.2 Å². The lowest BCUT2D eigenvalue weighted by Gasteiger charge is -2.07. The van der Waals surface area contributed by atoms with E-state index < -0.39 is 10.0 Å². The second-order valence-corrected chi connectivity index (χ2v) is 5.23. The van der Waals surface area contributed by atoms with Crippen molar-refractivity contribution in [2.24, 2.45) is 0 Å². The van der Waals surface area contributed by atoms with Gasteiger partial charge in [0.25, 0.3) is 0 Å². The molecule has 0 unspecified atom stereocenters. The number of halogens is 1. The van der Waals surface area contributed by atoms with Crippen LogP contribution in [0.4, 0.5) is 10.1 Å². The Hall–Kier alpha value is -1.10. The van der Waals surface area contributed by atoms with Gasteiger partial charge < -0.3 is 0 Å². The van der Waals surface area contributed by atoms with Crippen LogP contribution in [0.1, 0.15) is 18.9 Å². The number of benzene rings is 1. The van der Waals surface area contributed by atoms with Crippen molar-refractivity contribution in [3.63, 3.8) is 0 Å². The first kappa shape index (κ1) is 12.0. The highest BCUT2D eigenvalue weighted by Crippen LogP contribution is 2.15. The molecule has 5 heteroatoms. The highest BCUT2D eigenvalue weighted by molar-refractivity contribution is 7.92. The molecule has 0 fully saturated rings.